The number of thioether (sulfide) groups is 1. The first-order valence-corrected chi connectivity index (χ1v) is 17.6. The van der Waals surface area contributed by atoms with E-state index in [4.69, 9.17) is 9.53 Å². The minimum absolute atomic E-state index is 0.0629. The molecule has 210 valence electrons. The van der Waals surface area contributed by atoms with Crippen LogP contribution in [-0.2, 0) is 9.22 Å². The molecule has 0 aromatic heterocycles. The van der Waals surface area contributed by atoms with Crippen molar-refractivity contribution >= 4 is 36.4 Å². The first-order valence-electron chi connectivity index (χ1n) is 14.5. The summed E-state index contributed by atoms with van der Waals surface area (Å²) in [6.07, 6.45) is 15.8. The monoisotopic (exact) mass is 554 g/mol. The lowest BCUT2D eigenvalue weighted by Crippen LogP contribution is -2.67. The van der Waals surface area contributed by atoms with Crippen molar-refractivity contribution < 1.29 is 14.3 Å². The minimum Gasteiger partial charge on any atom is -0.481 e. The van der Waals surface area contributed by atoms with Crippen LogP contribution in [0.15, 0.2) is 72.8 Å². The number of hydrogen-bond acceptors (Lipinski definition) is 3. The standard InChI is InChI=1S/C33H50O3SSi/c1-5-6-7-8-9-10-11-12-15-20-29(25-27-37-28-26-32(34)35)36-38(33(2,3)4,30-21-16-13-17-22-30)31-23-18-14-19-24-31/h12-19,21-24,29H,5-11,20,25-28H2,1-4H3,(H,34,35)/b15-12+. The maximum atomic E-state index is 11.0. The van der Waals surface area contributed by atoms with Crippen LogP contribution < -0.4 is 10.4 Å². The second kappa shape index (κ2) is 17.7. The molecule has 0 spiro atoms. The summed E-state index contributed by atoms with van der Waals surface area (Å²) in [5.41, 5.74) is 0. The van der Waals surface area contributed by atoms with Crippen molar-refractivity contribution in [2.45, 2.75) is 103 Å². The van der Waals surface area contributed by atoms with Crippen molar-refractivity contribution in [2.75, 3.05) is 11.5 Å². The molecular weight excluding hydrogens is 505 g/mol. The summed E-state index contributed by atoms with van der Waals surface area (Å²) in [5, 5.41) is 11.6. The number of rotatable bonds is 19. The van der Waals surface area contributed by atoms with Crippen molar-refractivity contribution in [3.63, 3.8) is 0 Å². The molecule has 1 atom stereocenters. The van der Waals surface area contributed by atoms with Gasteiger partial charge in [0.2, 0.25) is 0 Å². The molecule has 1 unspecified atom stereocenters. The van der Waals surface area contributed by atoms with E-state index < -0.39 is 14.3 Å². The smallest absolute Gasteiger partial charge is 0.304 e. The molecule has 0 aliphatic carbocycles. The molecule has 0 fully saturated rings. The molecule has 0 heterocycles. The quantitative estimate of drug-likeness (QED) is 0.108. The molecule has 0 saturated heterocycles. The Morgan fingerprint density at radius 3 is 2.03 bits per heavy atom. The Hall–Kier alpha value is -1.82. The summed E-state index contributed by atoms with van der Waals surface area (Å²) in [7, 11) is -2.63. The maximum absolute atomic E-state index is 11.0. The van der Waals surface area contributed by atoms with E-state index in [-0.39, 0.29) is 17.6 Å². The van der Waals surface area contributed by atoms with E-state index in [2.05, 4.69) is 101 Å². The van der Waals surface area contributed by atoms with E-state index in [9.17, 15) is 4.79 Å². The number of hydrogen-bond donors (Lipinski definition) is 1. The Labute approximate surface area is 237 Å². The molecule has 0 bridgehead atoms. The van der Waals surface area contributed by atoms with Crippen LogP contribution in [0.2, 0.25) is 5.04 Å². The van der Waals surface area contributed by atoms with Gasteiger partial charge >= 0.3 is 5.97 Å². The Bertz CT molecular complexity index is 885. The second-order valence-electron chi connectivity index (χ2n) is 11.2. The minimum atomic E-state index is -2.63. The van der Waals surface area contributed by atoms with Crippen LogP contribution in [0.3, 0.4) is 0 Å². The van der Waals surface area contributed by atoms with Gasteiger partial charge in [-0.15, -0.1) is 0 Å². The molecule has 5 heteroatoms. The molecule has 1 N–H and O–H groups in total. The van der Waals surface area contributed by atoms with Crippen LogP contribution in [0, 0.1) is 0 Å². The lowest BCUT2D eigenvalue weighted by Gasteiger charge is -2.45. The highest BCUT2D eigenvalue weighted by atomic mass is 32.2. The van der Waals surface area contributed by atoms with Crippen LogP contribution in [-0.4, -0.2) is 37.0 Å². The molecule has 0 saturated carbocycles. The van der Waals surface area contributed by atoms with E-state index >= 15 is 0 Å². The highest BCUT2D eigenvalue weighted by molar-refractivity contribution is 7.99. The summed E-state index contributed by atoms with van der Waals surface area (Å²) >= 11 is 1.72. The Morgan fingerprint density at radius 1 is 0.895 bits per heavy atom. The maximum Gasteiger partial charge on any atom is 0.304 e. The van der Waals surface area contributed by atoms with Crippen molar-refractivity contribution in [1.29, 1.82) is 0 Å². The van der Waals surface area contributed by atoms with Crippen molar-refractivity contribution in [3.8, 4) is 0 Å². The third-order valence-electron chi connectivity index (χ3n) is 7.09. The number of carboxylic acids is 1. The number of carboxylic acid groups (broad SMARTS) is 1. The summed E-state index contributed by atoms with van der Waals surface area (Å²) in [4.78, 5) is 11.0. The number of benzene rings is 2. The van der Waals surface area contributed by atoms with E-state index in [1.807, 2.05) is 0 Å². The number of allylic oxidation sites excluding steroid dienone is 1. The zero-order valence-electron chi connectivity index (χ0n) is 24.2. The first kappa shape index (κ1) is 32.4. The van der Waals surface area contributed by atoms with Gasteiger partial charge < -0.3 is 9.53 Å². The first-order chi connectivity index (χ1) is 18.3. The van der Waals surface area contributed by atoms with E-state index in [1.165, 1.54) is 48.9 Å². The second-order valence-corrected chi connectivity index (χ2v) is 16.7. The van der Waals surface area contributed by atoms with E-state index in [1.54, 1.807) is 11.8 Å². The summed E-state index contributed by atoms with van der Waals surface area (Å²) < 4.78 is 7.43. The summed E-state index contributed by atoms with van der Waals surface area (Å²) in [5.74, 6) is 0.826. The van der Waals surface area contributed by atoms with Gasteiger partial charge in [-0.25, -0.2) is 0 Å². The van der Waals surface area contributed by atoms with E-state index in [0.29, 0.717) is 5.75 Å². The van der Waals surface area contributed by atoms with Crippen molar-refractivity contribution in [2.24, 2.45) is 0 Å². The zero-order chi connectivity index (χ0) is 27.7. The van der Waals surface area contributed by atoms with Crippen LogP contribution in [0.5, 0.6) is 0 Å². The van der Waals surface area contributed by atoms with Gasteiger partial charge in [-0.2, -0.15) is 11.8 Å². The lowest BCUT2D eigenvalue weighted by molar-refractivity contribution is -0.136. The van der Waals surface area contributed by atoms with Crippen LogP contribution in [0.1, 0.15) is 91.9 Å². The largest absolute Gasteiger partial charge is 0.481 e. The van der Waals surface area contributed by atoms with E-state index in [0.717, 1.165) is 25.0 Å². The summed E-state index contributed by atoms with van der Waals surface area (Å²) in [6.45, 7) is 9.24. The Kier molecular flexibility index (Phi) is 15.1. The molecule has 0 amide bonds. The Balaban J connectivity index is 2.23. The molecule has 0 radical (unpaired) electrons. The highest BCUT2D eigenvalue weighted by Gasteiger charge is 2.51. The predicted molar refractivity (Wildman–Crippen MR) is 168 cm³/mol. The van der Waals surface area contributed by atoms with Gasteiger partial charge in [0.1, 0.15) is 0 Å². The molecule has 0 aliphatic rings. The molecular formula is C33H50O3SSi. The van der Waals surface area contributed by atoms with Gasteiger partial charge in [0.15, 0.2) is 0 Å². The van der Waals surface area contributed by atoms with Crippen LogP contribution >= 0.6 is 11.8 Å². The van der Waals surface area contributed by atoms with Gasteiger partial charge in [0.05, 0.1) is 12.5 Å². The Morgan fingerprint density at radius 2 is 1.47 bits per heavy atom. The fourth-order valence-electron chi connectivity index (χ4n) is 5.05. The van der Waals surface area contributed by atoms with Crippen molar-refractivity contribution in [3.05, 3.63) is 72.8 Å². The number of unbranched alkanes of at least 4 members (excludes halogenated alkanes) is 6. The predicted octanol–water partition coefficient (Wildman–Crippen LogP) is 8.23. The average molecular weight is 555 g/mol. The van der Waals surface area contributed by atoms with Gasteiger partial charge in [-0.1, -0.05) is 133 Å². The molecule has 2 aromatic carbocycles. The van der Waals surface area contributed by atoms with Gasteiger partial charge in [0, 0.05) is 5.75 Å². The fraction of sp³-hybridized carbons (Fsp3) is 0.545. The van der Waals surface area contributed by atoms with Crippen LogP contribution in [0.4, 0.5) is 0 Å². The number of carbonyl (C=O) groups is 1. The normalized spacial score (nSPS) is 13.2. The SMILES string of the molecule is CCCCCCCC/C=C/CC(CCSCCC(=O)O)O[Si](c1ccccc1)(c1ccccc1)C(C)(C)C. The zero-order valence-corrected chi connectivity index (χ0v) is 26.0. The molecule has 3 nitrogen and oxygen atoms in total. The third kappa shape index (κ3) is 10.7. The van der Waals surface area contributed by atoms with Gasteiger partial charge in [-0.05, 0) is 46.8 Å². The molecule has 2 aromatic rings. The summed E-state index contributed by atoms with van der Waals surface area (Å²) in [6, 6.07) is 21.7. The molecule has 2 rings (SSSR count). The fourth-order valence-corrected chi connectivity index (χ4v) is 10.7. The van der Waals surface area contributed by atoms with Crippen molar-refractivity contribution in [1.82, 2.24) is 0 Å². The lowest BCUT2D eigenvalue weighted by atomic mass is 10.1. The third-order valence-corrected chi connectivity index (χ3v) is 13.2. The topological polar surface area (TPSA) is 46.5 Å². The molecule has 38 heavy (non-hydrogen) atoms. The van der Waals surface area contributed by atoms with Crippen LogP contribution in [0.25, 0.3) is 0 Å². The average Bonchev–Trinajstić information content (AvgIpc) is 2.90. The van der Waals surface area contributed by atoms with Gasteiger partial charge in [-0.3, -0.25) is 4.79 Å². The molecule has 0 aliphatic heterocycles. The highest BCUT2D eigenvalue weighted by Crippen LogP contribution is 2.38. The van der Waals surface area contributed by atoms with Gasteiger partial charge in [0.25, 0.3) is 8.32 Å². The number of aliphatic carboxylic acids is 1.